The van der Waals surface area contributed by atoms with Crippen LogP contribution in [0.4, 0.5) is 0 Å². The summed E-state index contributed by atoms with van der Waals surface area (Å²) in [4.78, 5) is 10.4. The van der Waals surface area contributed by atoms with Gasteiger partial charge in [-0.25, -0.2) is 0 Å². The molecule has 0 saturated heterocycles. The van der Waals surface area contributed by atoms with Gasteiger partial charge in [0.25, 0.3) is 0 Å². The van der Waals surface area contributed by atoms with Crippen molar-refractivity contribution in [1.29, 1.82) is 0 Å². The molecule has 0 bridgehead atoms. The Kier molecular flexibility index (Phi) is 7.90. The molecule has 0 aliphatic heterocycles. The maximum atomic E-state index is 10.4. The molecule has 3 rings (SSSR count). The Balaban J connectivity index is 0.000000197. The van der Waals surface area contributed by atoms with Crippen LogP contribution in [-0.4, -0.2) is 12.9 Å². The molecule has 0 radical (unpaired) electrons. The molecule has 3 aromatic rings. The SMILES string of the molecule is CCOc1ccccc1CN.O=Cc1ccc(Oc2ccccc2)cc1. The van der Waals surface area contributed by atoms with Gasteiger partial charge >= 0.3 is 0 Å². The lowest BCUT2D eigenvalue weighted by Gasteiger charge is -2.06. The van der Waals surface area contributed by atoms with Crippen LogP contribution in [0.1, 0.15) is 22.8 Å². The van der Waals surface area contributed by atoms with Crippen molar-refractivity contribution >= 4 is 6.29 Å². The number of ether oxygens (including phenoxy) is 2. The Morgan fingerprint density at radius 3 is 2.08 bits per heavy atom. The summed E-state index contributed by atoms with van der Waals surface area (Å²) in [5, 5.41) is 0. The van der Waals surface area contributed by atoms with Gasteiger partial charge in [-0.05, 0) is 49.4 Å². The van der Waals surface area contributed by atoms with Crippen LogP contribution in [0.15, 0.2) is 78.9 Å². The van der Waals surface area contributed by atoms with Gasteiger partial charge in [0.05, 0.1) is 6.61 Å². The summed E-state index contributed by atoms with van der Waals surface area (Å²) in [7, 11) is 0. The molecule has 134 valence electrons. The van der Waals surface area contributed by atoms with Crippen LogP contribution in [0.2, 0.25) is 0 Å². The third-order valence-electron chi connectivity index (χ3n) is 3.49. The van der Waals surface area contributed by atoms with E-state index in [1.54, 1.807) is 24.3 Å². The standard InChI is InChI=1S/C13H10O2.C9H13NO/c14-10-11-6-8-13(9-7-11)15-12-4-2-1-3-5-12;1-2-11-9-6-4-3-5-8(9)7-10/h1-10H;3-6H,2,7,10H2,1H3. The second-order valence-corrected chi connectivity index (χ2v) is 5.35. The Morgan fingerprint density at radius 1 is 0.846 bits per heavy atom. The zero-order valence-corrected chi connectivity index (χ0v) is 14.8. The largest absolute Gasteiger partial charge is 0.494 e. The summed E-state index contributed by atoms with van der Waals surface area (Å²) in [5.74, 6) is 2.42. The van der Waals surface area contributed by atoms with Gasteiger partial charge in [-0.3, -0.25) is 4.79 Å². The number of benzene rings is 3. The van der Waals surface area contributed by atoms with Gasteiger partial charge < -0.3 is 15.2 Å². The fourth-order valence-corrected chi connectivity index (χ4v) is 2.21. The highest BCUT2D eigenvalue weighted by molar-refractivity contribution is 5.74. The van der Waals surface area contributed by atoms with Crippen molar-refractivity contribution in [3.8, 4) is 17.2 Å². The Morgan fingerprint density at radius 2 is 1.46 bits per heavy atom. The molecule has 0 aliphatic rings. The highest BCUT2D eigenvalue weighted by atomic mass is 16.5. The Bertz CT molecular complexity index is 786. The highest BCUT2D eigenvalue weighted by Crippen LogP contribution is 2.20. The molecule has 0 aromatic heterocycles. The molecule has 0 heterocycles. The predicted octanol–water partition coefficient (Wildman–Crippen LogP) is 4.84. The van der Waals surface area contributed by atoms with Gasteiger partial charge in [-0.1, -0.05) is 36.4 Å². The fourth-order valence-electron chi connectivity index (χ4n) is 2.21. The first-order chi connectivity index (χ1) is 12.8. The summed E-state index contributed by atoms with van der Waals surface area (Å²) in [6.45, 7) is 3.19. The number of hydrogen-bond donors (Lipinski definition) is 1. The van der Waals surface area contributed by atoms with Crippen molar-refractivity contribution in [3.05, 3.63) is 90.0 Å². The monoisotopic (exact) mass is 349 g/mol. The molecule has 0 amide bonds. The van der Waals surface area contributed by atoms with Gasteiger partial charge in [0.15, 0.2) is 0 Å². The first-order valence-corrected chi connectivity index (χ1v) is 8.45. The lowest BCUT2D eigenvalue weighted by molar-refractivity contribution is 0.112. The lowest BCUT2D eigenvalue weighted by Crippen LogP contribution is -2.01. The smallest absolute Gasteiger partial charge is 0.150 e. The molecule has 0 fully saturated rings. The molecule has 0 spiro atoms. The first kappa shape index (κ1) is 19.2. The number of hydrogen-bond acceptors (Lipinski definition) is 4. The Labute approximate surface area is 154 Å². The topological polar surface area (TPSA) is 61.5 Å². The van der Waals surface area contributed by atoms with Gasteiger partial charge in [-0.15, -0.1) is 0 Å². The molecule has 0 unspecified atom stereocenters. The summed E-state index contributed by atoms with van der Waals surface area (Å²) in [5.41, 5.74) is 7.21. The van der Waals surface area contributed by atoms with Crippen LogP contribution in [0.5, 0.6) is 17.2 Å². The summed E-state index contributed by atoms with van der Waals surface area (Å²) >= 11 is 0. The zero-order chi connectivity index (χ0) is 18.6. The van der Waals surface area contributed by atoms with Gasteiger partial charge in [-0.2, -0.15) is 0 Å². The van der Waals surface area contributed by atoms with E-state index >= 15 is 0 Å². The highest BCUT2D eigenvalue weighted by Gasteiger charge is 1.98. The van der Waals surface area contributed by atoms with Crippen LogP contribution < -0.4 is 15.2 Å². The van der Waals surface area contributed by atoms with E-state index < -0.39 is 0 Å². The van der Waals surface area contributed by atoms with E-state index in [4.69, 9.17) is 15.2 Å². The van der Waals surface area contributed by atoms with Crippen LogP contribution in [0.3, 0.4) is 0 Å². The molecule has 0 atom stereocenters. The molecule has 2 N–H and O–H groups in total. The van der Waals surface area contributed by atoms with E-state index in [-0.39, 0.29) is 0 Å². The van der Waals surface area contributed by atoms with Crippen molar-refractivity contribution in [2.75, 3.05) is 6.61 Å². The van der Waals surface area contributed by atoms with Gasteiger partial charge in [0, 0.05) is 17.7 Å². The molecular formula is C22H23NO3. The minimum atomic E-state index is 0.538. The lowest BCUT2D eigenvalue weighted by atomic mass is 10.2. The van der Waals surface area contributed by atoms with Crippen molar-refractivity contribution in [2.45, 2.75) is 13.5 Å². The number of rotatable bonds is 6. The number of nitrogens with two attached hydrogens (primary N) is 1. The molecular weight excluding hydrogens is 326 g/mol. The normalized spacial score (nSPS) is 9.62. The quantitative estimate of drug-likeness (QED) is 0.647. The molecule has 4 nitrogen and oxygen atoms in total. The summed E-state index contributed by atoms with van der Waals surface area (Å²) < 4.78 is 10.9. The second kappa shape index (κ2) is 10.7. The minimum absolute atomic E-state index is 0.538. The Hall–Kier alpha value is -3.11. The van der Waals surface area contributed by atoms with Crippen LogP contribution >= 0.6 is 0 Å². The molecule has 0 aliphatic carbocycles. The van der Waals surface area contributed by atoms with E-state index in [2.05, 4.69) is 0 Å². The van der Waals surface area contributed by atoms with E-state index in [0.717, 1.165) is 29.1 Å². The zero-order valence-electron chi connectivity index (χ0n) is 14.8. The number of carbonyl (C=O) groups excluding carboxylic acids is 1. The maximum Gasteiger partial charge on any atom is 0.150 e. The van der Waals surface area contributed by atoms with Crippen molar-refractivity contribution in [2.24, 2.45) is 5.73 Å². The van der Waals surface area contributed by atoms with Crippen LogP contribution in [-0.2, 0) is 6.54 Å². The summed E-state index contributed by atoms with van der Waals surface area (Å²) in [6.07, 6.45) is 0.812. The van der Waals surface area contributed by atoms with E-state index in [9.17, 15) is 4.79 Å². The van der Waals surface area contributed by atoms with Gasteiger partial charge in [0.1, 0.15) is 23.5 Å². The predicted molar refractivity (Wildman–Crippen MR) is 104 cm³/mol. The number of para-hydroxylation sites is 2. The molecule has 3 aromatic carbocycles. The van der Waals surface area contributed by atoms with Crippen molar-refractivity contribution < 1.29 is 14.3 Å². The number of carbonyl (C=O) groups is 1. The molecule has 26 heavy (non-hydrogen) atoms. The van der Waals surface area contributed by atoms with Crippen LogP contribution in [0, 0.1) is 0 Å². The second-order valence-electron chi connectivity index (χ2n) is 5.35. The third-order valence-corrected chi connectivity index (χ3v) is 3.49. The maximum absolute atomic E-state index is 10.4. The average Bonchev–Trinajstić information content (AvgIpc) is 2.70. The first-order valence-electron chi connectivity index (χ1n) is 8.45. The minimum Gasteiger partial charge on any atom is -0.494 e. The molecule has 0 saturated carbocycles. The van der Waals surface area contributed by atoms with Crippen molar-refractivity contribution in [1.82, 2.24) is 0 Å². The van der Waals surface area contributed by atoms with E-state index in [1.165, 1.54) is 0 Å². The van der Waals surface area contributed by atoms with Crippen LogP contribution in [0.25, 0.3) is 0 Å². The fraction of sp³-hybridized carbons (Fsp3) is 0.136. The van der Waals surface area contributed by atoms with E-state index in [0.29, 0.717) is 18.7 Å². The average molecular weight is 349 g/mol. The third kappa shape index (κ3) is 6.07. The van der Waals surface area contributed by atoms with Crippen molar-refractivity contribution in [3.63, 3.8) is 0 Å². The molecule has 4 heteroatoms. The summed E-state index contributed by atoms with van der Waals surface area (Å²) in [6, 6.07) is 24.4. The van der Waals surface area contributed by atoms with E-state index in [1.807, 2.05) is 61.5 Å². The number of aldehydes is 1. The van der Waals surface area contributed by atoms with Gasteiger partial charge in [0.2, 0.25) is 0 Å².